The van der Waals surface area contributed by atoms with Crippen LogP contribution in [0, 0.1) is 5.92 Å². The summed E-state index contributed by atoms with van der Waals surface area (Å²) in [7, 11) is 1.98. The Morgan fingerprint density at radius 1 is 1.44 bits per heavy atom. The lowest BCUT2D eigenvalue weighted by atomic mass is 9.90. The molecule has 0 aromatic heterocycles. The first-order valence-electron chi connectivity index (χ1n) is 6.31. The Labute approximate surface area is 107 Å². The van der Waals surface area contributed by atoms with E-state index in [9.17, 15) is 9.59 Å². The number of piperidine rings is 1. The molecule has 0 unspecified atom stereocenters. The van der Waals surface area contributed by atoms with Gasteiger partial charge < -0.3 is 10.6 Å². The average Bonchev–Trinajstić information content (AvgIpc) is 2.34. The van der Waals surface area contributed by atoms with Crippen molar-refractivity contribution in [2.75, 3.05) is 13.6 Å². The molecule has 0 radical (unpaired) electrons. The van der Waals surface area contributed by atoms with Gasteiger partial charge in [0, 0.05) is 13.5 Å². The van der Waals surface area contributed by atoms with Crippen molar-refractivity contribution < 1.29 is 14.2 Å². The molecule has 2 N–H and O–H groups in total. The number of hydrogen-bond donors (Lipinski definition) is 1. The molecule has 2 rings (SSSR count). The number of carbonyl (C=O) groups excluding carboxylic acids is 2. The summed E-state index contributed by atoms with van der Waals surface area (Å²) in [6, 6.07) is -0.00472. The third-order valence-corrected chi connectivity index (χ3v) is 3.90. The second kappa shape index (κ2) is 4.55. The van der Waals surface area contributed by atoms with Gasteiger partial charge in [0.2, 0.25) is 5.70 Å². The number of primary amides is 1. The molecule has 98 valence electrons. The first-order chi connectivity index (χ1) is 8.41. The van der Waals surface area contributed by atoms with Crippen LogP contribution in [0.2, 0.25) is 0 Å². The summed E-state index contributed by atoms with van der Waals surface area (Å²) in [5, 5.41) is 0. The van der Waals surface area contributed by atoms with Gasteiger partial charge in [-0.15, -0.1) is 0 Å². The molecule has 0 saturated carbocycles. The highest BCUT2D eigenvalue weighted by atomic mass is 16.2. The number of rotatable bonds is 1. The molecular weight excluding hydrogens is 230 g/mol. The molecule has 0 aromatic rings. The Balaban J connectivity index is 2.20. The van der Waals surface area contributed by atoms with E-state index in [1.54, 1.807) is 4.90 Å². The van der Waals surface area contributed by atoms with Crippen LogP contribution in [0.1, 0.15) is 26.7 Å². The summed E-state index contributed by atoms with van der Waals surface area (Å²) in [5.41, 5.74) is 7.41. The van der Waals surface area contributed by atoms with Gasteiger partial charge in [-0.3, -0.25) is 9.59 Å². The van der Waals surface area contributed by atoms with E-state index in [0.717, 1.165) is 18.5 Å². The van der Waals surface area contributed by atoms with E-state index in [1.165, 1.54) is 5.71 Å². The standard InChI is InChI=1S/C13H19N3O2/c1-8-4-5-10(11-6-9(2)15(11)3)16(7-8)13(18)12(14)17/h6,8,10H,4-5,7H2,1-3H3,(H-,14,17)/p+1/t8-,10+/m0/s1. The fourth-order valence-electron chi connectivity index (χ4n) is 2.69. The van der Waals surface area contributed by atoms with Crippen LogP contribution in [0.3, 0.4) is 0 Å². The van der Waals surface area contributed by atoms with Crippen molar-refractivity contribution in [1.82, 2.24) is 4.90 Å². The van der Waals surface area contributed by atoms with Gasteiger partial charge in [0.1, 0.15) is 13.1 Å². The zero-order valence-electron chi connectivity index (χ0n) is 11.1. The third-order valence-electron chi connectivity index (χ3n) is 3.90. The van der Waals surface area contributed by atoms with E-state index in [1.807, 2.05) is 14.0 Å². The number of likely N-dealkylation sites (N-methyl/N-ethyl adjacent to an activating group) is 1. The second-order valence-corrected chi connectivity index (χ2v) is 5.29. The molecule has 5 nitrogen and oxygen atoms in total. The SMILES string of the molecule is CC1=[N+](C)C([C@H]2CC[C@H](C)CN2C(=O)C(N)=O)=C1. The number of allylic oxidation sites excluding steroid dienone is 1. The van der Waals surface area contributed by atoms with Crippen LogP contribution in [-0.2, 0) is 9.59 Å². The minimum absolute atomic E-state index is 0.00472. The average molecular weight is 250 g/mol. The van der Waals surface area contributed by atoms with Crippen molar-refractivity contribution in [2.45, 2.75) is 32.7 Å². The van der Waals surface area contributed by atoms with Gasteiger partial charge in [-0.25, -0.2) is 4.58 Å². The van der Waals surface area contributed by atoms with Crippen LogP contribution in [0.4, 0.5) is 0 Å². The predicted octanol–water partition coefficient (Wildman–Crippen LogP) is 0.0995. The lowest BCUT2D eigenvalue weighted by Crippen LogP contribution is -2.53. The zero-order chi connectivity index (χ0) is 13.4. The van der Waals surface area contributed by atoms with Crippen LogP contribution in [0.5, 0.6) is 0 Å². The lowest BCUT2D eigenvalue weighted by molar-refractivity contribution is -0.463. The smallest absolute Gasteiger partial charge is 0.312 e. The van der Waals surface area contributed by atoms with Gasteiger partial charge in [0.15, 0.2) is 5.71 Å². The fourth-order valence-corrected chi connectivity index (χ4v) is 2.69. The first kappa shape index (κ1) is 12.8. The quantitative estimate of drug-likeness (QED) is 0.530. The largest absolute Gasteiger partial charge is 0.361 e. The molecule has 1 fully saturated rings. The molecule has 18 heavy (non-hydrogen) atoms. The van der Waals surface area contributed by atoms with Crippen molar-refractivity contribution in [1.29, 1.82) is 0 Å². The van der Waals surface area contributed by atoms with E-state index in [2.05, 4.69) is 17.6 Å². The van der Waals surface area contributed by atoms with Gasteiger partial charge in [-0.05, 0) is 18.8 Å². The highest BCUT2D eigenvalue weighted by Crippen LogP contribution is 2.29. The predicted molar refractivity (Wildman–Crippen MR) is 68.0 cm³/mol. The zero-order valence-corrected chi connectivity index (χ0v) is 11.1. The minimum atomic E-state index is -0.864. The topological polar surface area (TPSA) is 66.4 Å². The first-order valence-corrected chi connectivity index (χ1v) is 6.31. The Morgan fingerprint density at radius 3 is 2.61 bits per heavy atom. The number of amides is 2. The molecule has 0 aliphatic carbocycles. The number of likely N-dealkylation sites (tertiary alicyclic amines) is 1. The van der Waals surface area contributed by atoms with Crippen LogP contribution >= 0.6 is 0 Å². The van der Waals surface area contributed by atoms with Crippen molar-refractivity contribution in [2.24, 2.45) is 11.7 Å². The van der Waals surface area contributed by atoms with Gasteiger partial charge >= 0.3 is 11.8 Å². The molecular formula is C13H20N3O2+. The van der Waals surface area contributed by atoms with Gasteiger partial charge in [0.25, 0.3) is 0 Å². The van der Waals surface area contributed by atoms with E-state index >= 15 is 0 Å². The van der Waals surface area contributed by atoms with Crippen LogP contribution < -0.4 is 5.73 Å². The highest BCUT2D eigenvalue weighted by Gasteiger charge is 2.41. The van der Waals surface area contributed by atoms with Crippen LogP contribution in [-0.4, -0.2) is 46.6 Å². The molecule has 0 bridgehead atoms. The summed E-state index contributed by atoms with van der Waals surface area (Å²) >= 11 is 0. The van der Waals surface area contributed by atoms with E-state index in [4.69, 9.17) is 5.73 Å². The van der Waals surface area contributed by atoms with Gasteiger partial charge in [-0.2, -0.15) is 0 Å². The fraction of sp³-hybridized carbons (Fsp3) is 0.615. The number of hydrogen-bond acceptors (Lipinski definition) is 2. The maximum Gasteiger partial charge on any atom is 0.312 e. The lowest BCUT2D eigenvalue weighted by Gasteiger charge is -2.38. The molecule has 2 atom stereocenters. The molecule has 0 spiro atoms. The van der Waals surface area contributed by atoms with E-state index < -0.39 is 11.8 Å². The third kappa shape index (κ3) is 2.05. The van der Waals surface area contributed by atoms with Gasteiger partial charge in [-0.1, -0.05) is 6.92 Å². The molecule has 2 heterocycles. The summed E-state index contributed by atoms with van der Waals surface area (Å²) in [6.45, 7) is 4.72. The summed E-state index contributed by atoms with van der Waals surface area (Å²) in [5.74, 6) is -1.01. The monoisotopic (exact) mass is 250 g/mol. The molecule has 2 aliphatic heterocycles. The number of nitrogens with zero attached hydrogens (tertiary/aromatic N) is 2. The van der Waals surface area contributed by atoms with Crippen molar-refractivity contribution >= 4 is 17.5 Å². The maximum absolute atomic E-state index is 11.9. The molecule has 1 saturated heterocycles. The molecule has 5 heteroatoms. The van der Waals surface area contributed by atoms with Crippen LogP contribution in [0.25, 0.3) is 0 Å². The maximum atomic E-state index is 11.9. The van der Waals surface area contributed by atoms with Crippen LogP contribution in [0.15, 0.2) is 11.8 Å². The highest BCUT2D eigenvalue weighted by molar-refractivity contribution is 6.34. The van der Waals surface area contributed by atoms with Crippen molar-refractivity contribution in [3.63, 3.8) is 0 Å². The van der Waals surface area contributed by atoms with Gasteiger partial charge in [0.05, 0.1) is 6.08 Å². The van der Waals surface area contributed by atoms with Crippen molar-refractivity contribution in [3.05, 3.63) is 11.8 Å². The Hall–Kier alpha value is -1.65. The number of nitrogens with two attached hydrogens (primary N) is 1. The minimum Gasteiger partial charge on any atom is -0.361 e. The van der Waals surface area contributed by atoms with E-state index in [-0.39, 0.29) is 6.04 Å². The summed E-state index contributed by atoms with van der Waals surface area (Å²) < 4.78 is 2.07. The normalized spacial score (nSPS) is 27.7. The Morgan fingerprint density at radius 2 is 2.11 bits per heavy atom. The number of carbonyl (C=O) groups is 2. The summed E-state index contributed by atoms with van der Waals surface area (Å²) in [4.78, 5) is 24.6. The Kier molecular flexibility index (Phi) is 3.24. The van der Waals surface area contributed by atoms with Crippen molar-refractivity contribution in [3.8, 4) is 0 Å². The molecule has 2 aliphatic rings. The molecule has 0 aromatic carbocycles. The molecule has 2 amide bonds. The Bertz CT molecular complexity index is 465. The second-order valence-electron chi connectivity index (χ2n) is 5.29. The summed E-state index contributed by atoms with van der Waals surface area (Å²) in [6.07, 6.45) is 4.03. The van der Waals surface area contributed by atoms with E-state index in [0.29, 0.717) is 12.5 Å².